The molecule has 0 aliphatic carbocycles. The van der Waals surface area contributed by atoms with Crippen LogP contribution in [-0.4, -0.2) is 5.97 Å². The Hall–Kier alpha value is -1.65. The highest BCUT2D eigenvalue weighted by atomic mass is 32.1. The van der Waals surface area contributed by atoms with Crippen LogP contribution in [0.15, 0.2) is 36.4 Å². The number of fused-ring (bicyclic) bond motifs is 1. The molecule has 138 valence electrons. The maximum Gasteiger partial charge on any atom is 0.353 e. The summed E-state index contributed by atoms with van der Waals surface area (Å²) >= 11 is 3.34. The van der Waals surface area contributed by atoms with Gasteiger partial charge < -0.3 is 4.74 Å². The van der Waals surface area contributed by atoms with Crippen LogP contribution < -0.4 is 4.74 Å². The minimum atomic E-state index is -0.257. The van der Waals surface area contributed by atoms with E-state index in [1.165, 1.54) is 63.3 Å². The molecule has 0 aliphatic heterocycles. The van der Waals surface area contributed by atoms with Gasteiger partial charge in [0.15, 0.2) is 0 Å². The number of ether oxygens (including phenoxy) is 1. The number of carbonyl (C=O) groups excluding carboxylic acids is 1. The molecule has 0 aliphatic rings. The van der Waals surface area contributed by atoms with Crippen LogP contribution in [0.25, 0.3) is 9.40 Å². The highest BCUT2D eigenvalue weighted by Gasteiger charge is 2.15. The Balaban J connectivity index is 1.61. The summed E-state index contributed by atoms with van der Waals surface area (Å²) in [4.78, 5) is 14.5. The van der Waals surface area contributed by atoms with E-state index in [-0.39, 0.29) is 5.97 Å². The van der Waals surface area contributed by atoms with Crippen molar-refractivity contribution < 1.29 is 9.53 Å². The summed E-state index contributed by atoms with van der Waals surface area (Å²) in [6, 6.07) is 12.1. The van der Waals surface area contributed by atoms with Crippen LogP contribution in [0.4, 0.5) is 0 Å². The number of rotatable bonds is 9. The minimum absolute atomic E-state index is 0.257. The first kappa shape index (κ1) is 19.1. The van der Waals surface area contributed by atoms with Crippen molar-refractivity contribution >= 4 is 38.0 Å². The van der Waals surface area contributed by atoms with Gasteiger partial charge in [-0.15, -0.1) is 22.7 Å². The lowest BCUT2D eigenvalue weighted by molar-refractivity contribution is 0.0740. The highest BCUT2D eigenvalue weighted by Crippen LogP contribution is 2.34. The Morgan fingerprint density at radius 3 is 2.31 bits per heavy atom. The van der Waals surface area contributed by atoms with Crippen LogP contribution in [0.5, 0.6) is 5.75 Å². The van der Waals surface area contributed by atoms with E-state index in [0.29, 0.717) is 10.6 Å². The fourth-order valence-corrected chi connectivity index (χ4v) is 5.26. The summed E-state index contributed by atoms with van der Waals surface area (Å²) < 4.78 is 7.94. The molecule has 0 bridgehead atoms. The molecule has 2 heterocycles. The molecule has 2 aromatic heterocycles. The Morgan fingerprint density at radius 2 is 1.62 bits per heavy atom. The number of benzene rings is 1. The number of hydrogen-bond acceptors (Lipinski definition) is 4. The molecular formula is C22H26O2S2. The molecule has 0 unspecified atom stereocenters. The standard InChI is InChI=1S/C22H26O2S2/c1-3-5-7-9-18-14-19-20(25-18)15-21(26-19)22(23)24-17-12-10-16(11-13-17)8-6-4-2/h10-15H,3-9H2,1-2H3. The van der Waals surface area contributed by atoms with Crippen LogP contribution in [0.2, 0.25) is 0 Å². The lowest BCUT2D eigenvalue weighted by atomic mass is 10.1. The molecule has 0 radical (unpaired) electrons. The van der Waals surface area contributed by atoms with Gasteiger partial charge in [-0.1, -0.05) is 45.2 Å². The number of aryl methyl sites for hydroxylation is 2. The second kappa shape index (κ2) is 9.33. The summed E-state index contributed by atoms with van der Waals surface area (Å²) in [5.74, 6) is 0.361. The normalized spacial score (nSPS) is 11.2. The topological polar surface area (TPSA) is 26.3 Å². The smallest absolute Gasteiger partial charge is 0.353 e. The molecule has 26 heavy (non-hydrogen) atoms. The fourth-order valence-electron chi connectivity index (χ4n) is 2.92. The second-order valence-corrected chi connectivity index (χ2v) is 8.90. The zero-order valence-electron chi connectivity index (χ0n) is 15.5. The largest absolute Gasteiger partial charge is 0.422 e. The van der Waals surface area contributed by atoms with Gasteiger partial charge in [0.25, 0.3) is 0 Å². The molecular weight excluding hydrogens is 360 g/mol. The monoisotopic (exact) mass is 386 g/mol. The molecule has 0 amide bonds. The molecule has 0 atom stereocenters. The van der Waals surface area contributed by atoms with Gasteiger partial charge in [-0.25, -0.2) is 4.79 Å². The van der Waals surface area contributed by atoms with Crippen LogP contribution in [-0.2, 0) is 12.8 Å². The average Bonchev–Trinajstić information content (AvgIpc) is 3.20. The van der Waals surface area contributed by atoms with E-state index >= 15 is 0 Å². The van der Waals surface area contributed by atoms with E-state index in [0.717, 1.165) is 12.8 Å². The molecule has 1 aromatic carbocycles. The first-order valence-electron chi connectivity index (χ1n) is 9.53. The van der Waals surface area contributed by atoms with Gasteiger partial charge in [-0.3, -0.25) is 0 Å². The maximum absolute atomic E-state index is 12.4. The second-order valence-electron chi connectivity index (χ2n) is 6.65. The van der Waals surface area contributed by atoms with E-state index in [2.05, 4.69) is 19.9 Å². The van der Waals surface area contributed by atoms with Crippen molar-refractivity contribution in [3.05, 3.63) is 51.7 Å². The van der Waals surface area contributed by atoms with E-state index in [1.54, 1.807) is 11.3 Å². The van der Waals surface area contributed by atoms with Gasteiger partial charge in [-0.2, -0.15) is 0 Å². The lowest BCUT2D eigenvalue weighted by Crippen LogP contribution is -2.06. The third kappa shape index (κ3) is 4.95. The van der Waals surface area contributed by atoms with E-state index in [4.69, 9.17) is 4.74 Å². The van der Waals surface area contributed by atoms with Crippen LogP contribution >= 0.6 is 22.7 Å². The first-order chi connectivity index (χ1) is 12.7. The number of unbranched alkanes of at least 4 members (excludes halogenated alkanes) is 3. The molecule has 3 rings (SSSR count). The third-order valence-electron chi connectivity index (χ3n) is 4.44. The number of carbonyl (C=O) groups is 1. The van der Waals surface area contributed by atoms with Crippen LogP contribution in [0.1, 0.15) is 66.1 Å². The van der Waals surface area contributed by atoms with Gasteiger partial charge in [0, 0.05) is 14.3 Å². The van der Waals surface area contributed by atoms with Crippen molar-refractivity contribution in [3.63, 3.8) is 0 Å². The SMILES string of the molecule is CCCCCc1cc2sc(C(=O)Oc3ccc(CCCC)cc3)cc2s1. The van der Waals surface area contributed by atoms with Crippen molar-refractivity contribution in [3.8, 4) is 5.75 Å². The molecule has 0 saturated heterocycles. The molecule has 3 aromatic rings. The summed E-state index contributed by atoms with van der Waals surface area (Å²) in [7, 11) is 0. The summed E-state index contributed by atoms with van der Waals surface area (Å²) in [6.45, 7) is 4.42. The van der Waals surface area contributed by atoms with Crippen molar-refractivity contribution in [2.24, 2.45) is 0 Å². The Morgan fingerprint density at radius 1 is 0.885 bits per heavy atom. The van der Waals surface area contributed by atoms with Crippen molar-refractivity contribution in [2.75, 3.05) is 0 Å². The number of hydrogen-bond donors (Lipinski definition) is 0. The van der Waals surface area contributed by atoms with Gasteiger partial charge in [0.1, 0.15) is 10.6 Å². The lowest BCUT2D eigenvalue weighted by Gasteiger charge is -2.04. The quantitative estimate of drug-likeness (QED) is 0.220. The Labute approximate surface area is 163 Å². The van der Waals surface area contributed by atoms with Crippen LogP contribution in [0, 0.1) is 0 Å². The van der Waals surface area contributed by atoms with Gasteiger partial charge in [0.2, 0.25) is 0 Å². The first-order valence-corrected chi connectivity index (χ1v) is 11.2. The minimum Gasteiger partial charge on any atom is -0.422 e. The maximum atomic E-state index is 12.4. The molecule has 0 saturated carbocycles. The van der Waals surface area contributed by atoms with Crippen molar-refractivity contribution in [1.82, 2.24) is 0 Å². The zero-order chi connectivity index (χ0) is 18.4. The Kier molecular flexibility index (Phi) is 6.86. The van der Waals surface area contributed by atoms with Gasteiger partial charge in [0.05, 0.1) is 0 Å². The van der Waals surface area contributed by atoms with Gasteiger partial charge >= 0.3 is 5.97 Å². The molecule has 0 spiro atoms. The van der Waals surface area contributed by atoms with E-state index in [9.17, 15) is 4.79 Å². The predicted octanol–water partition coefficient (Wildman–Crippen LogP) is 7.26. The molecule has 2 nitrogen and oxygen atoms in total. The molecule has 0 N–H and O–H groups in total. The van der Waals surface area contributed by atoms with Crippen LogP contribution in [0.3, 0.4) is 0 Å². The number of thiophene rings is 2. The number of esters is 1. The third-order valence-corrected chi connectivity index (χ3v) is 6.77. The van der Waals surface area contributed by atoms with E-state index < -0.39 is 0 Å². The van der Waals surface area contributed by atoms with Crippen molar-refractivity contribution in [1.29, 1.82) is 0 Å². The summed E-state index contributed by atoms with van der Waals surface area (Å²) in [5, 5.41) is 0. The predicted molar refractivity (Wildman–Crippen MR) is 113 cm³/mol. The summed E-state index contributed by atoms with van der Waals surface area (Å²) in [5.41, 5.74) is 1.29. The van der Waals surface area contributed by atoms with E-state index in [1.807, 2.05) is 30.3 Å². The summed E-state index contributed by atoms with van der Waals surface area (Å²) in [6.07, 6.45) is 8.36. The average molecular weight is 387 g/mol. The highest BCUT2D eigenvalue weighted by molar-refractivity contribution is 7.28. The fraction of sp³-hybridized carbons (Fsp3) is 0.409. The van der Waals surface area contributed by atoms with Crippen molar-refractivity contribution in [2.45, 2.75) is 58.8 Å². The Bertz CT molecular complexity index is 811. The van der Waals surface area contributed by atoms with Gasteiger partial charge in [-0.05, 0) is 55.5 Å². The zero-order valence-corrected chi connectivity index (χ0v) is 17.2. The molecule has 0 fully saturated rings. The molecule has 4 heteroatoms.